The van der Waals surface area contributed by atoms with Crippen LogP contribution >= 0.6 is 11.3 Å². The molecule has 1 aliphatic rings. The number of nitrogens with zero attached hydrogens (tertiary/aromatic N) is 4. The molecule has 0 saturated carbocycles. The molecule has 2 aromatic heterocycles. The van der Waals surface area contributed by atoms with E-state index in [2.05, 4.69) is 31.7 Å². The zero-order valence-electron chi connectivity index (χ0n) is 17.5. The Balaban J connectivity index is 1.36. The van der Waals surface area contributed by atoms with Crippen LogP contribution in [0.4, 0.5) is 21.3 Å². The van der Waals surface area contributed by atoms with E-state index in [0.29, 0.717) is 17.9 Å². The zero-order chi connectivity index (χ0) is 22.1. The summed E-state index contributed by atoms with van der Waals surface area (Å²) in [5.41, 5.74) is 4.43. The van der Waals surface area contributed by atoms with Crippen molar-refractivity contribution in [1.29, 1.82) is 0 Å². The van der Waals surface area contributed by atoms with Crippen molar-refractivity contribution in [3.8, 4) is 0 Å². The number of hydrogen-bond donors (Lipinski definition) is 2. The number of carbonyl (C=O) groups is 1. The number of urea groups is 1. The molecule has 0 unspecified atom stereocenters. The summed E-state index contributed by atoms with van der Waals surface area (Å²) in [6.45, 7) is 3.37. The van der Waals surface area contributed by atoms with Gasteiger partial charge in [0.1, 0.15) is 0 Å². The molecular weight excluding hydrogens is 424 g/mol. The Hall–Kier alpha value is -3.72. The molecule has 0 fully saturated rings. The van der Waals surface area contributed by atoms with Crippen LogP contribution in [0.25, 0.3) is 4.96 Å². The molecule has 1 aliphatic heterocycles. The smallest absolute Gasteiger partial charge is 0.323 e. The molecule has 0 spiro atoms. The molecule has 5 rings (SSSR count). The van der Waals surface area contributed by atoms with E-state index < -0.39 is 0 Å². The van der Waals surface area contributed by atoms with Crippen molar-refractivity contribution in [3.63, 3.8) is 0 Å². The highest BCUT2D eigenvalue weighted by Crippen LogP contribution is 2.31. The van der Waals surface area contributed by atoms with Crippen LogP contribution in [-0.4, -0.2) is 27.2 Å². The average Bonchev–Trinajstić information content (AvgIpc) is 3.24. The lowest BCUT2D eigenvalue weighted by Crippen LogP contribution is -2.31. The number of nitrogens with one attached hydrogen (secondary N) is 2. The van der Waals surface area contributed by atoms with Gasteiger partial charge < -0.3 is 15.5 Å². The maximum atomic E-state index is 12.5. The number of rotatable bonds is 4. The summed E-state index contributed by atoms with van der Waals surface area (Å²) in [6.07, 6.45) is 1.47. The average molecular weight is 447 g/mol. The summed E-state index contributed by atoms with van der Waals surface area (Å²) in [5.74, 6) is 0. The van der Waals surface area contributed by atoms with Crippen molar-refractivity contribution in [2.24, 2.45) is 0 Å². The Morgan fingerprint density at radius 1 is 1.12 bits per heavy atom. The quantitative estimate of drug-likeness (QED) is 0.496. The monoisotopic (exact) mass is 446 g/mol. The highest BCUT2D eigenvalue weighted by molar-refractivity contribution is 7.20. The highest BCUT2D eigenvalue weighted by Gasteiger charge is 2.23. The molecule has 32 heavy (non-hydrogen) atoms. The van der Waals surface area contributed by atoms with Crippen molar-refractivity contribution in [2.45, 2.75) is 26.3 Å². The lowest BCUT2D eigenvalue weighted by atomic mass is 9.98. The second-order valence-corrected chi connectivity index (χ2v) is 8.51. The molecule has 4 aromatic rings. The third-order valence-electron chi connectivity index (χ3n) is 5.47. The SMILES string of the molecule is CCc1cc(=O)n2nc(N3CCc4c(cccc4NC(=O)Nc4ccccc4)C3)sc2n1. The summed E-state index contributed by atoms with van der Waals surface area (Å²) in [7, 11) is 0. The van der Waals surface area contributed by atoms with Gasteiger partial charge >= 0.3 is 6.03 Å². The molecular formula is C23H22N6O2S. The predicted octanol–water partition coefficient (Wildman–Crippen LogP) is 3.92. The van der Waals surface area contributed by atoms with Crippen LogP contribution in [0.15, 0.2) is 59.4 Å². The van der Waals surface area contributed by atoms with Gasteiger partial charge in [-0.2, -0.15) is 4.52 Å². The number of aromatic nitrogens is 3. The van der Waals surface area contributed by atoms with E-state index >= 15 is 0 Å². The molecule has 0 bridgehead atoms. The fourth-order valence-electron chi connectivity index (χ4n) is 3.85. The van der Waals surface area contributed by atoms with Crippen molar-refractivity contribution in [2.75, 3.05) is 22.1 Å². The molecule has 0 saturated heterocycles. The first kappa shape index (κ1) is 20.2. The van der Waals surface area contributed by atoms with Gasteiger partial charge in [0, 0.05) is 36.2 Å². The molecule has 0 atom stereocenters. The first-order valence-corrected chi connectivity index (χ1v) is 11.3. The topological polar surface area (TPSA) is 91.6 Å². The van der Waals surface area contributed by atoms with Gasteiger partial charge in [0.25, 0.3) is 5.56 Å². The van der Waals surface area contributed by atoms with Gasteiger partial charge in [-0.05, 0) is 42.2 Å². The highest BCUT2D eigenvalue weighted by atomic mass is 32.1. The van der Waals surface area contributed by atoms with E-state index in [9.17, 15) is 9.59 Å². The van der Waals surface area contributed by atoms with Crippen molar-refractivity contribution in [1.82, 2.24) is 14.6 Å². The minimum atomic E-state index is -0.268. The normalized spacial score (nSPS) is 13.1. The molecule has 2 N–H and O–H groups in total. The number of carbonyl (C=O) groups excluding carboxylic acids is 1. The van der Waals surface area contributed by atoms with Crippen LogP contribution in [0.2, 0.25) is 0 Å². The van der Waals surface area contributed by atoms with Crippen molar-refractivity contribution in [3.05, 3.63) is 81.8 Å². The van der Waals surface area contributed by atoms with Crippen molar-refractivity contribution >= 4 is 38.8 Å². The molecule has 2 amide bonds. The lowest BCUT2D eigenvalue weighted by Gasteiger charge is -2.29. The van der Waals surface area contributed by atoms with Gasteiger partial charge in [-0.3, -0.25) is 4.79 Å². The first-order chi connectivity index (χ1) is 15.6. The minimum Gasteiger partial charge on any atom is -0.342 e. The Morgan fingerprint density at radius 3 is 2.78 bits per heavy atom. The third-order valence-corrected chi connectivity index (χ3v) is 6.44. The van der Waals surface area contributed by atoms with Crippen LogP contribution in [-0.2, 0) is 19.4 Å². The molecule has 0 radical (unpaired) electrons. The van der Waals surface area contributed by atoms with E-state index in [1.54, 1.807) is 6.07 Å². The minimum absolute atomic E-state index is 0.150. The van der Waals surface area contributed by atoms with Gasteiger partial charge in [0.15, 0.2) is 0 Å². The number of benzene rings is 2. The molecule has 3 heterocycles. The molecule has 162 valence electrons. The standard InChI is InChI=1S/C23H22N6O2S/c1-2-16-13-20(30)29-22(25-16)32-23(27-29)28-12-11-18-15(14-28)7-6-10-19(18)26-21(31)24-17-8-4-3-5-9-17/h3-10,13H,2,11-12,14H2,1H3,(H2,24,26,31). The number of fused-ring (bicyclic) bond motifs is 2. The van der Waals surface area contributed by atoms with Gasteiger partial charge in [0.2, 0.25) is 10.1 Å². The van der Waals surface area contributed by atoms with E-state index in [1.165, 1.54) is 15.9 Å². The second kappa shape index (κ2) is 8.43. The van der Waals surface area contributed by atoms with E-state index in [4.69, 9.17) is 0 Å². The summed E-state index contributed by atoms with van der Waals surface area (Å²) >= 11 is 1.43. The maximum absolute atomic E-state index is 12.5. The number of aryl methyl sites for hydroxylation is 1. The lowest BCUT2D eigenvalue weighted by molar-refractivity contribution is 0.262. The Bertz CT molecular complexity index is 1350. The summed E-state index contributed by atoms with van der Waals surface area (Å²) in [4.78, 5) is 32.1. The Morgan fingerprint density at radius 2 is 1.97 bits per heavy atom. The third kappa shape index (κ3) is 3.94. The zero-order valence-corrected chi connectivity index (χ0v) is 18.4. The summed E-state index contributed by atoms with van der Waals surface area (Å²) < 4.78 is 1.38. The fraction of sp³-hybridized carbons (Fsp3) is 0.217. The second-order valence-electron chi connectivity index (χ2n) is 7.58. The van der Waals surface area contributed by atoms with Gasteiger partial charge in [-0.15, -0.1) is 5.10 Å². The summed E-state index contributed by atoms with van der Waals surface area (Å²) in [6, 6.07) is 16.6. The first-order valence-electron chi connectivity index (χ1n) is 10.5. The summed E-state index contributed by atoms with van der Waals surface area (Å²) in [5, 5.41) is 11.1. The van der Waals surface area contributed by atoms with Gasteiger partial charge in [-0.1, -0.05) is 48.6 Å². The van der Waals surface area contributed by atoms with Crippen molar-refractivity contribution < 1.29 is 4.79 Å². The molecule has 9 heteroatoms. The van der Waals surface area contributed by atoms with Crippen LogP contribution in [0, 0.1) is 0 Å². The maximum Gasteiger partial charge on any atom is 0.323 e. The number of amides is 2. The van der Waals surface area contributed by atoms with Crippen LogP contribution in [0.1, 0.15) is 23.7 Å². The van der Waals surface area contributed by atoms with Crippen LogP contribution in [0.3, 0.4) is 0 Å². The molecule has 2 aromatic carbocycles. The predicted molar refractivity (Wildman–Crippen MR) is 127 cm³/mol. The van der Waals surface area contributed by atoms with E-state index in [-0.39, 0.29) is 11.6 Å². The molecule has 0 aliphatic carbocycles. The number of hydrogen-bond acceptors (Lipinski definition) is 6. The Kier molecular flexibility index (Phi) is 5.32. The van der Waals surface area contributed by atoms with Gasteiger partial charge in [-0.25, -0.2) is 9.78 Å². The number of anilines is 3. The van der Waals surface area contributed by atoms with Gasteiger partial charge in [0.05, 0.1) is 0 Å². The Labute approximate surface area is 188 Å². The van der Waals surface area contributed by atoms with E-state index in [1.807, 2.05) is 49.4 Å². The largest absolute Gasteiger partial charge is 0.342 e. The number of para-hydroxylation sites is 1. The fourth-order valence-corrected chi connectivity index (χ4v) is 4.80. The van der Waals surface area contributed by atoms with Crippen LogP contribution in [0.5, 0.6) is 0 Å². The van der Waals surface area contributed by atoms with Crippen LogP contribution < -0.4 is 21.1 Å². The van der Waals surface area contributed by atoms with E-state index in [0.717, 1.165) is 46.3 Å². The molecule has 8 nitrogen and oxygen atoms in total.